The summed E-state index contributed by atoms with van der Waals surface area (Å²) in [5, 5.41) is 42.3. The molecule has 4 atom stereocenters. The van der Waals surface area contributed by atoms with Crippen LogP contribution in [0.1, 0.15) is 142 Å². The molecule has 0 aromatic rings. The van der Waals surface area contributed by atoms with E-state index in [2.05, 4.69) is 36.5 Å². The number of aliphatic hydroxyl groups is 4. The third-order valence-corrected chi connectivity index (χ3v) is 7.18. The molecule has 0 aromatic carbocycles. The highest BCUT2D eigenvalue weighted by atomic mass is 16.3. The van der Waals surface area contributed by atoms with Crippen LogP contribution in [0.25, 0.3) is 0 Å². The van der Waals surface area contributed by atoms with Gasteiger partial charge in [-0.3, -0.25) is 4.79 Å². The van der Waals surface area contributed by atoms with Crippen molar-refractivity contribution in [1.82, 2.24) is 5.32 Å². The van der Waals surface area contributed by atoms with Gasteiger partial charge >= 0.3 is 0 Å². The summed E-state index contributed by atoms with van der Waals surface area (Å²) >= 11 is 0. The molecule has 0 heterocycles. The molecule has 224 valence electrons. The number of amides is 1. The maximum atomic E-state index is 12.2. The maximum Gasteiger partial charge on any atom is 0.249 e. The van der Waals surface area contributed by atoms with Crippen LogP contribution in [0.5, 0.6) is 0 Å². The first kappa shape index (κ1) is 36.8. The number of carbonyl (C=O) groups is 1. The zero-order valence-electron chi connectivity index (χ0n) is 24.7. The van der Waals surface area contributed by atoms with Gasteiger partial charge < -0.3 is 25.7 Å². The van der Waals surface area contributed by atoms with Crippen LogP contribution in [0.2, 0.25) is 0 Å². The normalized spacial score (nSPS) is 15.2. The van der Waals surface area contributed by atoms with Gasteiger partial charge in [0, 0.05) is 0 Å². The molecule has 6 heteroatoms. The molecule has 0 aliphatic carbocycles. The molecule has 0 fully saturated rings. The molecule has 0 radical (unpaired) electrons. The molecule has 0 saturated heterocycles. The summed E-state index contributed by atoms with van der Waals surface area (Å²) in [5.74, 6) is -0.599. The van der Waals surface area contributed by atoms with E-state index in [1.165, 1.54) is 70.6 Å². The highest BCUT2D eigenvalue weighted by molar-refractivity contribution is 5.80. The number of unbranched alkanes of at least 4 members (excludes halogenated alkanes) is 14. The summed E-state index contributed by atoms with van der Waals surface area (Å²) in [7, 11) is 0. The number of rotatable bonds is 27. The first-order valence-electron chi connectivity index (χ1n) is 15.7. The fourth-order valence-corrected chi connectivity index (χ4v) is 4.60. The summed E-state index contributed by atoms with van der Waals surface area (Å²) < 4.78 is 0. The van der Waals surface area contributed by atoms with Crippen LogP contribution in [-0.2, 0) is 4.79 Å². The summed E-state index contributed by atoms with van der Waals surface area (Å²) in [4.78, 5) is 12.2. The molecule has 0 bridgehead atoms. The van der Waals surface area contributed by atoms with Gasteiger partial charge in [-0.2, -0.15) is 0 Å². The summed E-state index contributed by atoms with van der Waals surface area (Å²) in [6.45, 7) is 3.66. The van der Waals surface area contributed by atoms with Gasteiger partial charge in [0.1, 0.15) is 12.2 Å². The van der Waals surface area contributed by atoms with E-state index in [1.807, 2.05) is 6.92 Å². The van der Waals surface area contributed by atoms with E-state index in [4.69, 9.17) is 0 Å². The molecule has 4 unspecified atom stereocenters. The lowest BCUT2D eigenvalue weighted by atomic mass is 10.0. The summed E-state index contributed by atoms with van der Waals surface area (Å²) in [6.07, 6.45) is 27.4. The van der Waals surface area contributed by atoms with E-state index >= 15 is 0 Å². The Morgan fingerprint density at radius 3 is 1.74 bits per heavy atom. The largest absolute Gasteiger partial charge is 0.394 e. The predicted molar refractivity (Wildman–Crippen MR) is 159 cm³/mol. The second kappa shape index (κ2) is 27.4. The molecule has 0 aliphatic heterocycles. The van der Waals surface area contributed by atoms with Gasteiger partial charge in [0.2, 0.25) is 5.91 Å². The smallest absolute Gasteiger partial charge is 0.249 e. The van der Waals surface area contributed by atoms with E-state index in [0.717, 1.165) is 44.9 Å². The predicted octanol–water partition coefficient (Wildman–Crippen LogP) is 6.50. The molecule has 6 nitrogen and oxygen atoms in total. The summed E-state index contributed by atoms with van der Waals surface area (Å²) in [5.41, 5.74) is 0. The lowest BCUT2D eigenvalue weighted by Gasteiger charge is -2.27. The van der Waals surface area contributed by atoms with Gasteiger partial charge in [-0.15, -0.1) is 0 Å². The van der Waals surface area contributed by atoms with E-state index in [-0.39, 0.29) is 0 Å². The Bertz CT molecular complexity index is 580. The standard InChI is InChI=1S/C32H61NO5/c1-3-5-7-8-9-10-11-12-13-14-15-16-17-18-19-20-21-22-23-24-26-30(36)32(38)33-28(27-34)31(37)29(35)25-6-4-2/h5,7,9-10,28-31,34-37H,3-4,6,8,11-27H2,1-2H3,(H,33,38)/b7-5-,10-9-. The minimum atomic E-state index is -1.25. The van der Waals surface area contributed by atoms with Crippen molar-refractivity contribution in [1.29, 1.82) is 0 Å². The van der Waals surface area contributed by atoms with Gasteiger partial charge in [-0.05, 0) is 38.5 Å². The first-order valence-corrected chi connectivity index (χ1v) is 15.7. The zero-order chi connectivity index (χ0) is 28.3. The number of hydrogen-bond acceptors (Lipinski definition) is 5. The molecule has 0 rings (SSSR count). The van der Waals surface area contributed by atoms with E-state index < -0.39 is 36.9 Å². The van der Waals surface area contributed by atoms with Gasteiger partial charge in [0.15, 0.2) is 0 Å². The maximum absolute atomic E-state index is 12.2. The SMILES string of the molecule is CC/C=C\C/C=C\CCCCCCCCCCCCCCCC(O)C(=O)NC(CO)C(O)C(O)CCCC. The monoisotopic (exact) mass is 539 g/mol. The number of hydrogen-bond donors (Lipinski definition) is 5. The average Bonchev–Trinajstić information content (AvgIpc) is 2.92. The second-order valence-corrected chi connectivity index (χ2v) is 10.8. The number of allylic oxidation sites excluding steroid dienone is 4. The van der Waals surface area contributed by atoms with Gasteiger partial charge in [-0.1, -0.05) is 128 Å². The molecule has 1 amide bonds. The van der Waals surface area contributed by atoms with Crippen molar-refractivity contribution in [3.63, 3.8) is 0 Å². The van der Waals surface area contributed by atoms with Crippen LogP contribution in [0.4, 0.5) is 0 Å². The molecular weight excluding hydrogens is 478 g/mol. The van der Waals surface area contributed by atoms with Crippen LogP contribution >= 0.6 is 0 Å². The minimum absolute atomic E-state index is 0.366. The van der Waals surface area contributed by atoms with E-state index in [0.29, 0.717) is 12.8 Å². The van der Waals surface area contributed by atoms with Crippen LogP contribution < -0.4 is 5.32 Å². The fourth-order valence-electron chi connectivity index (χ4n) is 4.60. The molecule has 38 heavy (non-hydrogen) atoms. The Labute approximate surface area is 234 Å². The quantitative estimate of drug-likeness (QED) is 0.0604. The third kappa shape index (κ3) is 21.7. The lowest BCUT2D eigenvalue weighted by Crippen LogP contribution is -2.53. The van der Waals surface area contributed by atoms with Crippen LogP contribution in [-0.4, -0.2) is 57.3 Å². The zero-order valence-corrected chi connectivity index (χ0v) is 24.7. The Hall–Kier alpha value is -1.21. The Morgan fingerprint density at radius 2 is 1.21 bits per heavy atom. The lowest BCUT2D eigenvalue weighted by molar-refractivity contribution is -0.132. The molecule has 5 N–H and O–H groups in total. The Morgan fingerprint density at radius 1 is 0.684 bits per heavy atom. The van der Waals surface area contributed by atoms with Crippen molar-refractivity contribution in [3.8, 4) is 0 Å². The van der Waals surface area contributed by atoms with Crippen molar-refractivity contribution in [2.24, 2.45) is 0 Å². The molecular formula is C32H61NO5. The molecule has 0 spiro atoms. The Balaban J connectivity index is 3.60. The highest BCUT2D eigenvalue weighted by Crippen LogP contribution is 2.14. The van der Waals surface area contributed by atoms with Crippen molar-refractivity contribution in [2.75, 3.05) is 6.61 Å². The summed E-state index contributed by atoms with van der Waals surface area (Å²) in [6, 6.07) is -0.977. The topological polar surface area (TPSA) is 110 Å². The van der Waals surface area contributed by atoms with Crippen molar-refractivity contribution in [3.05, 3.63) is 24.3 Å². The average molecular weight is 540 g/mol. The van der Waals surface area contributed by atoms with Gasteiger partial charge in [0.05, 0.1) is 18.8 Å². The number of aliphatic hydroxyl groups excluding tert-OH is 4. The molecule has 0 aliphatic rings. The van der Waals surface area contributed by atoms with Crippen LogP contribution in [0.3, 0.4) is 0 Å². The van der Waals surface area contributed by atoms with E-state index in [9.17, 15) is 25.2 Å². The van der Waals surface area contributed by atoms with Gasteiger partial charge in [0.25, 0.3) is 0 Å². The third-order valence-electron chi connectivity index (χ3n) is 7.18. The minimum Gasteiger partial charge on any atom is -0.394 e. The molecule has 0 aromatic heterocycles. The van der Waals surface area contributed by atoms with Crippen LogP contribution in [0.15, 0.2) is 24.3 Å². The van der Waals surface area contributed by atoms with Crippen molar-refractivity contribution in [2.45, 2.75) is 167 Å². The number of carbonyl (C=O) groups excluding carboxylic acids is 1. The van der Waals surface area contributed by atoms with Crippen molar-refractivity contribution >= 4 is 5.91 Å². The second-order valence-electron chi connectivity index (χ2n) is 10.8. The van der Waals surface area contributed by atoms with Crippen molar-refractivity contribution < 1.29 is 25.2 Å². The molecule has 0 saturated carbocycles. The number of nitrogens with one attached hydrogen (secondary N) is 1. The van der Waals surface area contributed by atoms with E-state index in [1.54, 1.807) is 0 Å². The fraction of sp³-hybridized carbons (Fsp3) is 0.844. The van der Waals surface area contributed by atoms with Crippen LogP contribution in [0, 0.1) is 0 Å². The Kier molecular flexibility index (Phi) is 26.5. The van der Waals surface area contributed by atoms with Gasteiger partial charge in [-0.25, -0.2) is 0 Å². The first-order chi connectivity index (χ1) is 18.5. The highest BCUT2D eigenvalue weighted by Gasteiger charge is 2.28.